The summed E-state index contributed by atoms with van der Waals surface area (Å²) in [6, 6.07) is 17.4. The summed E-state index contributed by atoms with van der Waals surface area (Å²) in [4.78, 5) is 25.1. The molecule has 2 N–H and O–H groups in total. The molecule has 31 heavy (non-hydrogen) atoms. The molecule has 5 nitrogen and oxygen atoms in total. The van der Waals surface area contributed by atoms with E-state index in [4.69, 9.17) is 16.3 Å². The summed E-state index contributed by atoms with van der Waals surface area (Å²) in [6.45, 7) is 0.662. The molecule has 0 bridgehead atoms. The van der Waals surface area contributed by atoms with Gasteiger partial charge in [-0.1, -0.05) is 54.1 Å². The SMILES string of the molecule is O=C1NC2CC(C(=O)NCCCc3ccccc3)CCC2O/C1=C/c1ccc(Cl)cc1. The highest BCUT2D eigenvalue weighted by Crippen LogP contribution is 2.31. The van der Waals surface area contributed by atoms with Crippen molar-refractivity contribution in [2.45, 2.75) is 44.2 Å². The number of rotatable bonds is 6. The van der Waals surface area contributed by atoms with Gasteiger partial charge in [0.2, 0.25) is 5.91 Å². The Morgan fingerprint density at radius 3 is 2.68 bits per heavy atom. The van der Waals surface area contributed by atoms with E-state index < -0.39 is 0 Å². The van der Waals surface area contributed by atoms with Crippen LogP contribution in [0, 0.1) is 5.92 Å². The van der Waals surface area contributed by atoms with Crippen molar-refractivity contribution in [1.29, 1.82) is 0 Å². The van der Waals surface area contributed by atoms with Crippen LogP contribution in [0.15, 0.2) is 60.4 Å². The van der Waals surface area contributed by atoms with Crippen molar-refractivity contribution in [3.05, 3.63) is 76.5 Å². The molecule has 2 aromatic rings. The molecule has 162 valence electrons. The Hall–Kier alpha value is -2.79. The number of ether oxygens (including phenoxy) is 1. The minimum absolute atomic E-state index is 0.0725. The second-order valence-corrected chi connectivity index (χ2v) is 8.62. The molecule has 0 spiro atoms. The summed E-state index contributed by atoms with van der Waals surface area (Å²) in [7, 11) is 0. The molecule has 1 aliphatic heterocycles. The fourth-order valence-electron chi connectivity index (χ4n) is 4.23. The molecule has 6 heteroatoms. The molecule has 2 aliphatic rings. The molecule has 1 saturated carbocycles. The first-order valence-electron chi connectivity index (χ1n) is 10.8. The van der Waals surface area contributed by atoms with E-state index in [-0.39, 0.29) is 29.9 Å². The van der Waals surface area contributed by atoms with Gasteiger partial charge in [0, 0.05) is 17.5 Å². The topological polar surface area (TPSA) is 67.4 Å². The Morgan fingerprint density at radius 1 is 1.13 bits per heavy atom. The van der Waals surface area contributed by atoms with Gasteiger partial charge in [-0.2, -0.15) is 0 Å². The zero-order valence-electron chi connectivity index (χ0n) is 17.4. The number of amides is 2. The third-order valence-corrected chi connectivity index (χ3v) is 6.18. The lowest BCUT2D eigenvalue weighted by molar-refractivity contribution is -0.134. The molecule has 2 fully saturated rings. The van der Waals surface area contributed by atoms with Gasteiger partial charge in [0.25, 0.3) is 5.91 Å². The number of carbonyl (C=O) groups is 2. The van der Waals surface area contributed by atoms with Crippen LogP contribution in [0.3, 0.4) is 0 Å². The van der Waals surface area contributed by atoms with Gasteiger partial charge in [0.05, 0.1) is 6.04 Å². The van der Waals surface area contributed by atoms with Gasteiger partial charge >= 0.3 is 0 Å². The Kier molecular flexibility index (Phi) is 6.92. The highest BCUT2D eigenvalue weighted by Gasteiger charge is 2.40. The van der Waals surface area contributed by atoms with Gasteiger partial charge in [-0.05, 0) is 61.4 Å². The predicted octanol–water partition coefficient (Wildman–Crippen LogP) is 4.11. The van der Waals surface area contributed by atoms with Crippen LogP contribution in [0.2, 0.25) is 5.02 Å². The van der Waals surface area contributed by atoms with Crippen LogP contribution in [0.4, 0.5) is 0 Å². The van der Waals surface area contributed by atoms with E-state index in [0.29, 0.717) is 23.7 Å². The fraction of sp³-hybridized carbons (Fsp3) is 0.360. The van der Waals surface area contributed by atoms with E-state index in [0.717, 1.165) is 31.2 Å². The van der Waals surface area contributed by atoms with Gasteiger partial charge in [0.15, 0.2) is 5.76 Å². The summed E-state index contributed by atoms with van der Waals surface area (Å²) >= 11 is 5.92. The van der Waals surface area contributed by atoms with Crippen molar-refractivity contribution < 1.29 is 14.3 Å². The third-order valence-electron chi connectivity index (χ3n) is 5.93. The number of carbonyl (C=O) groups excluding carboxylic acids is 2. The average Bonchev–Trinajstić information content (AvgIpc) is 2.79. The van der Waals surface area contributed by atoms with Crippen LogP contribution in [0.5, 0.6) is 0 Å². The first-order valence-corrected chi connectivity index (χ1v) is 11.2. The monoisotopic (exact) mass is 438 g/mol. The molecule has 1 heterocycles. The molecule has 3 atom stereocenters. The number of morpholine rings is 1. The fourth-order valence-corrected chi connectivity index (χ4v) is 4.36. The molecule has 4 rings (SSSR count). The molecule has 2 aromatic carbocycles. The lowest BCUT2D eigenvalue weighted by atomic mass is 9.82. The Bertz CT molecular complexity index is 943. The Balaban J connectivity index is 1.26. The standard InChI is InChI=1S/C25H27ClN2O3/c26-20-11-8-18(9-12-20)15-23-25(30)28-21-16-19(10-13-22(21)31-23)24(29)27-14-4-7-17-5-2-1-3-6-17/h1-3,5-6,8-9,11-12,15,19,21-22H,4,7,10,13-14,16H2,(H,27,29)(H,28,30)/b23-15+. The smallest absolute Gasteiger partial charge is 0.286 e. The van der Waals surface area contributed by atoms with Crippen molar-refractivity contribution >= 4 is 29.5 Å². The van der Waals surface area contributed by atoms with Crippen molar-refractivity contribution in [2.24, 2.45) is 5.92 Å². The lowest BCUT2D eigenvalue weighted by Crippen LogP contribution is -2.54. The van der Waals surface area contributed by atoms with Crippen LogP contribution in [-0.2, 0) is 20.7 Å². The highest BCUT2D eigenvalue weighted by molar-refractivity contribution is 6.30. The Morgan fingerprint density at radius 2 is 1.90 bits per heavy atom. The molecule has 1 aliphatic carbocycles. The first-order chi connectivity index (χ1) is 15.1. The first kappa shape index (κ1) is 21.4. The van der Waals surface area contributed by atoms with Crippen molar-refractivity contribution in [3.63, 3.8) is 0 Å². The van der Waals surface area contributed by atoms with Crippen LogP contribution in [-0.4, -0.2) is 30.5 Å². The molecule has 2 amide bonds. The van der Waals surface area contributed by atoms with Gasteiger partial charge in [0.1, 0.15) is 6.10 Å². The molecular formula is C25H27ClN2O3. The van der Waals surface area contributed by atoms with Crippen molar-refractivity contribution in [1.82, 2.24) is 10.6 Å². The van der Waals surface area contributed by atoms with E-state index in [2.05, 4.69) is 22.8 Å². The number of halogens is 1. The molecule has 0 aromatic heterocycles. The van der Waals surface area contributed by atoms with E-state index in [9.17, 15) is 9.59 Å². The van der Waals surface area contributed by atoms with Crippen LogP contribution < -0.4 is 10.6 Å². The number of nitrogens with one attached hydrogen (secondary N) is 2. The summed E-state index contributed by atoms with van der Waals surface area (Å²) in [5.74, 6) is 0.0550. The second-order valence-electron chi connectivity index (χ2n) is 8.19. The van der Waals surface area contributed by atoms with Crippen LogP contribution in [0.25, 0.3) is 6.08 Å². The van der Waals surface area contributed by atoms with Crippen molar-refractivity contribution in [2.75, 3.05) is 6.54 Å². The zero-order chi connectivity index (χ0) is 21.6. The molecular weight excluding hydrogens is 412 g/mol. The number of benzene rings is 2. The van der Waals surface area contributed by atoms with E-state index in [1.54, 1.807) is 18.2 Å². The third kappa shape index (κ3) is 5.67. The highest BCUT2D eigenvalue weighted by atomic mass is 35.5. The lowest BCUT2D eigenvalue weighted by Gasteiger charge is -2.39. The largest absolute Gasteiger partial charge is 0.483 e. The Labute approximate surface area is 187 Å². The summed E-state index contributed by atoms with van der Waals surface area (Å²) in [5, 5.41) is 6.74. The quantitative estimate of drug-likeness (QED) is 0.526. The minimum atomic E-state index is -0.236. The number of aryl methyl sites for hydroxylation is 1. The maximum absolute atomic E-state index is 12.6. The summed E-state index contributed by atoms with van der Waals surface area (Å²) in [6.07, 6.45) is 5.60. The zero-order valence-corrected chi connectivity index (χ0v) is 18.1. The maximum atomic E-state index is 12.6. The van der Waals surface area contributed by atoms with Crippen LogP contribution in [0.1, 0.15) is 36.8 Å². The molecule has 1 saturated heterocycles. The minimum Gasteiger partial charge on any atom is -0.483 e. The van der Waals surface area contributed by atoms with Gasteiger partial charge in [-0.15, -0.1) is 0 Å². The van der Waals surface area contributed by atoms with E-state index in [1.165, 1.54) is 5.56 Å². The number of hydrogen-bond acceptors (Lipinski definition) is 3. The normalized spacial score (nSPS) is 24.1. The van der Waals surface area contributed by atoms with Gasteiger partial charge < -0.3 is 15.4 Å². The number of hydrogen-bond donors (Lipinski definition) is 2. The van der Waals surface area contributed by atoms with E-state index >= 15 is 0 Å². The van der Waals surface area contributed by atoms with Crippen LogP contribution >= 0.6 is 11.6 Å². The van der Waals surface area contributed by atoms with Gasteiger partial charge in [-0.25, -0.2) is 0 Å². The summed E-state index contributed by atoms with van der Waals surface area (Å²) < 4.78 is 6.00. The number of fused-ring (bicyclic) bond motifs is 1. The van der Waals surface area contributed by atoms with Crippen molar-refractivity contribution in [3.8, 4) is 0 Å². The summed E-state index contributed by atoms with van der Waals surface area (Å²) in [5.41, 5.74) is 2.14. The predicted molar refractivity (Wildman–Crippen MR) is 121 cm³/mol. The molecule has 3 unspecified atom stereocenters. The molecule has 0 radical (unpaired) electrons. The van der Waals surface area contributed by atoms with E-state index in [1.807, 2.05) is 30.3 Å². The maximum Gasteiger partial charge on any atom is 0.286 e. The second kappa shape index (κ2) is 10.0. The van der Waals surface area contributed by atoms with Gasteiger partial charge in [-0.3, -0.25) is 9.59 Å². The average molecular weight is 439 g/mol.